The molecule has 0 radical (unpaired) electrons. The van der Waals surface area contributed by atoms with Crippen molar-refractivity contribution in [2.75, 3.05) is 26.7 Å². The van der Waals surface area contributed by atoms with Gasteiger partial charge in [0.05, 0.1) is 25.1 Å². The minimum atomic E-state index is -0.708. The van der Waals surface area contributed by atoms with E-state index in [0.717, 1.165) is 54.7 Å². The number of ether oxygens (including phenoxy) is 1. The topological polar surface area (TPSA) is 80.5 Å². The van der Waals surface area contributed by atoms with E-state index in [4.69, 9.17) is 4.74 Å². The molecule has 4 rings (SSSR count). The van der Waals surface area contributed by atoms with Gasteiger partial charge < -0.3 is 14.4 Å². The number of fused-ring (bicyclic) bond motifs is 1. The predicted molar refractivity (Wildman–Crippen MR) is 127 cm³/mol. The van der Waals surface area contributed by atoms with Crippen molar-refractivity contribution in [3.05, 3.63) is 54.2 Å². The highest BCUT2D eigenvalue weighted by Crippen LogP contribution is 2.30. The number of carboxylic acid groups (broad SMARTS) is 1. The van der Waals surface area contributed by atoms with Gasteiger partial charge in [0.25, 0.3) is 0 Å². The molecular formula is C26H30N4O3. The van der Waals surface area contributed by atoms with Crippen LogP contribution in [0.5, 0.6) is 5.75 Å². The van der Waals surface area contributed by atoms with Crippen molar-refractivity contribution in [3.63, 3.8) is 0 Å². The molecule has 1 aromatic carbocycles. The fourth-order valence-corrected chi connectivity index (χ4v) is 4.64. The van der Waals surface area contributed by atoms with Crippen molar-refractivity contribution >= 4 is 16.9 Å². The van der Waals surface area contributed by atoms with Gasteiger partial charge in [-0.05, 0) is 73.9 Å². The van der Waals surface area contributed by atoms with Crippen LogP contribution in [0.25, 0.3) is 10.9 Å². The number of methoxy groups -OCH3 is 1. The summed E-state index contributed by atoms with van der Waals surface area (Å²) in [5.41, 5.74) is 2.18. The lowest BCUT2D eigenvalue weighted by Gasteiger charge is -2.35. The highest BCUT2D eigenvalue weighted by atomic mass is 16.5. The van der Waals surface area contributed by atoms with E-state index in [1.807, 2.05) is 42.2 Å². The molecule has 172 valence electrons. The predicted octanol–water partition coefficient (Wildman–Crippen LogP) is 3.37. The Balaban J connectivity index is 1.34. The van der Waals surface area contributed by atoms with Crippen LogP contribution in [-0.4, -0.2) is 57.3 Å². The number of aromatic nitrogens is 3. The number of carboxylic acids is 1. The second-order valence-electron chi connectivity index (χ2n) is 8.64. The first-order chi connectivity index (χ1) is 16.0. The first-order valence-corrected chi connectivity index (χ1v) is 11.4. The number of nitrogens with zero attached hydrogens (tertiary/aromatic N) is 4. The zero-order chi connectivity index (χ0) is 23.2. The van der Waals surface area contributed by atoms with E-state index in [2.05, 4.69) is 32.8 Å². The Morgan fingerprint density at radius 2 is 2.15 bits per heavy atom. The number of aliphatic carboxylic acids is 1. The number of piperidine rings is 1. The van der Waals surface area contributed by atoms with E-state index in [1.165, 1.54) is 5.56 Å². The lowest BCUT2D eigenvalue weighted by atomic mass is 9.81. The van der Waals surface area contributed by atoms with Crippen molar-refractivity contribution in [1.29, 1.82) is 0 Å². The summed E-state index contributed by atoms with van der Waals surface area (Å²) in [6.07, 6.45) is 9.05. The zero-order valence-corrected chi connectivity index (χ0v) is 19.2. The number of imidazole rings is 1. The Hall–Kier alpha value is -3.37. The Labute approximate surface area is 194 Å². The first kappa shape index (κ1) is 22.8. The molecular weight excluding hydrogens is 416 g/mol. The normalized spacial score (nSPS) is 18.6. The molecule has 0 unspecified atom stereocenters. The van der Waals surface area contributed by atoms with E-state index in [9.17, 15) is 9.90 Å². The van der Waals surface area contributed by atoms with Crippen LogP contribution in [0.15, 0.2) is 42.9 Å². The van der Waals surface area contributed by atoms with Crippen molar-refractivity contribution in [2.24, 2.45) is 18.9 Å². The van der Waals surface area contributed by atoms with Crippen LogP contribution < -0.4 is 4.74 Å². The summed E-state index contributed by atoms with van der Waals surface area (Å²) in [7, 11) is 3.58. The number of carbonyl (C=O) groups is 1. The lowest BCUT2D eigenvalue weighted by Crippen LogP contribution is -2.44. The monoisotopic (exact) mass is 446 g/mol. The Kier molecular flexibility index (Phi) is 7.26. The van der Waals surface area contributed by atoms with E-state index in [-0.39, 0.29) is 11.8 Å². The third-order valence-electron chi connectivity index (χ3n) is 6.54. The van der Waals surface area contributed by atoms with Crippen LogP contribution in [0.1, 0.15) is 30.7 Å². The molecule has 33 heavy (non-hydrogen) atoms. The number of rotatable bonds is 7. The van der Waals surface area contributed by atoms with Gasteiger partial charge >= 0.3 is 5.97 Å². The van der Waals surface area contributed by atoms with Crippen molar-refractivity contribution in [2.45, 2.75) is 25.7 Å². The number of hydrogen-bond donors (Lipinski definition) is 1. The summed E-state index contributed by atoms with van der Waals surface area (Å²) < 4.78 is 7.25. The second kappa shape index (κ2) is 10.5. The molecule has 0 spiro atoms. The van der Waals surface area contributed by atoms with E-state index in [1.54, 1.807) is 13.3 Å². The van der Waals surface area contributed by atoms with Crippen LogP contribution in [0, 0.1) is 23.7 Å². The van der Waals surface area contributed by atoms with Crippen LogP contribution in [0.3, 0.4) is 0 Å². The Bertz CT molecular complexity index is 1180. The van der Waals surface area contributed by atoms with E-state index in [0.29, 0.717) is 13.1 Å². The SMILES string of the molecule is COc1ccc2nccc(CCC[C@@H]3CCN(CC#Cc4nccn4C)C[C@@H]3C(=O)O)c2c1. The maximum Gasteiger partial charge on any atom is 0.308 e. The van der Waals surface area contributed by atoms with Gasteiger partial charge in [-0.25, -0.2) is 4.98 Å². The molecule has 0 bridgehead atoms. The van der Waals surface area contributed by atoms with Crippen LogP contribution >= 0.6 is 0 Å². The maximum absolute atomic E-state index is 12.0. The van der Waals surface area contributed by atoms with E-state index >= 15 is 0 Å². The van der Waals surface area contributed by atoms with Crippen LogP contribution in [0.4, 0.5) is 0 Å². The second-order valence-corrected chi connectivity index (χ2v) is 8.64. The maximum atomic E-state index is 12.0. The molecule has 1 aliphatic heterocycles. The highest BCUT2D eigenvalue weighted by molar-refractivity contribution is 5.83. The summed E-state index contributed by atoms with van der Waals surface area (Å²) in [5, 5.41) is 11.0. The molecule has 1 N–H and O–H groups in total. The summed E-state index contributed by atoms with van der Waals surface area (Å²) >= 11 is 0. The summed E-state index contributed by atoms with van der Waals surface area (Å²) in [6, 6.07) is 7.98. The van der Waals surface area contributed by atoms with Crippen molar-refractivity contribution < 1.29 is 14.6 Å². The molecule has 0 aliphatic carbocycles. The third kappa shape index (κ3) is 5.52. The number of aryl methyl sites for hydroxylation is 2. The number of hydrogen-bond acceptors (Lipinski definition) is 5. The summed E-state index contributed by atoms with van der Waals surface area (Å²) in [4.78, 5) is 22.8. The Morgan fingerprint density at radius 1 is 1.27 bits per heavy atom. The molecule has 0 amide bonds. The number of likely N-dealkylation sites (tertiary alicyclic amines) is 1. The van der Waals surface area contributed by atoms with Gasteiger partial charge in [-0.15, -0.1) is 0 Å². The molecule has 3 heterocycles. The van der Waals surface area contributed by atoms with Gasteiger partial charge in [0.1, 0.15) is 5.75 Å². The van der Waals surface area contributed by atoms with Crippen molar-refractivity contribution in [1.82, 2.24) is 19.4 Å². The molecule has 2 aromatic heterocycles. The molecule has 1 aliphatic rings. The largest absolute Gasteiger partial charge is 0.497 e. The lowest BCUT2D eigenvalue weighted by molar-refractivity contribution is -0.146. The van der Waals surface area contributed by atoms with Crippen LogP contribution in [0.2, 0.25) is 0 Å². The number of benzene rings is 1. The molecule has 7 nitrogen and oxygen atoms in total. The van der Waals surface area contributed by atoms with Crippen LogP contribution in [-0.2, 0) is 18.3 Å². The van der Waals surface area contributed by atoms with Gasteiger partial charge in [0.15, 0.2) is 5.82 Å². The fourth-order valence-electron chi connectivity index (χ4n) is 4.64. The molecule has 1 saturated heterocycles. The average Bonchev–Trinajstić information content (AvgIpc) is 3.24. The molecule has 1 fully saturated rings. The molecule has 0 saturated carbocycles. The smallest absolute Gasteiger partial charge is 0.308 e. The molecule has 7 heteroatoms. The first-order valence-electron chi connectivity index (χ1n) is 11.4. The standard InChI is InChI=1S/C26H30N4O3/c1-29-16-13-28-25(29)7-4-14-30-15-11-20(23(18-30)26(31)32)6-3-5-19-10-12-27-24-9-8-21(33-2)17-22(19)24/h8-10,12-13,16-17,20,23H,3,5-6,11,14-15,18H2,1-2H3,(H,31,32)/t20-,23+/m1/s1. The molecule has 2 atom stereocenters. The fraction of sp³-hybridized carbons (Fsp3) is 0.423. The zero-order valence-electron chi connectivity index (χ0n) is 19.2. The van der Waals surface area contributed by atoms with Gasteiger partial charge in [-0.2, -0.15) is 0 Å². The number of pyridine rings is 1. The third-order valence-corrected chi connectivity index (χ3v) is 6.54. The summed E-state index contributed by atoms with van der Waals surface area (Å²) in [5.74, 6) is 6.88. The Morgan fingerprint density at radius 3 is 2.91 bits per heavy atom. The van der Waals surface area contributed by atoms with Gasteiger partial charge in [0, 0.05) is 37.6 Å². The highest BCUT2D eigenvalue weighted by Gasteiger charge is 2.33. The minimum absolute atomic E-state index is 0.184. The quantitative estimate of drug-likeness (QED) is 0.561. The van der Waals surface area contributed by atoms with Gasteiger partial charge in [-0.1, -0.05) is 5.92 Å². The molecule has 3 aromatic rings. The van der Waals surface area contributed by atoms with Gasteiger partial charge in [-0.3, -0.25) is 14.7 Å². The summed E-state index contributed by atoms with van der Waals surface area (Å²) in [6.45, 7) is 1.98. The van der Waals surface area contributed by atoms with E-state index < -0.39 is 5.97 Å². The van der Waals surface area contributed by atoms with Crippen molar-refractivity contribution in [3.8, 4) is 17.6 Å². The van der Waals surface area contributed by atoms with Gasteiger partial charge in [0.2, 0.25) is 0 Å². The minimum Gasteiger partial charge on any atom is -0.497 e. The average molecular weight is 447 g/mol.